The molecule has 0 amide bonds. The summed E-state index contributed by atoms with van der Waals surface area (Å²) in [5, 5.41) is 10.3. The average molecular weight is 433 g/mol. The summed E-state index contributed by atoms with van der Waals surface area (Å²) in [6, 6.07) is 0. The van der Waals surface area contributed by atoms with Crippen molar-refractivity contribution in [2.45, 2.75) is 39.3 Å². The maximum Gasteiger partial charge on any atom is 0.213 e. The molecule has 0 spiro atoms. The molecule has 0 saturated heterocycles. The molecule has 0 saturated carbocycles. The maximum absolute atomic E-state index is 5.73. The number of aryl methyl sites for hydroxylation is 1. The van der Waals surface area contributed by atoms with Crippen LogP contribution in [-0.4, -0.2) is 32.8 Å². The monoisotopic (exact) mass is 433 g/mol. The van der Waals surface area contributed by atoms with Crippen LogP contribution in [0.25, 0.3) is 0 Å². The predicted molar refractivity (Wildman–Crippen MR) is 98.7 cm³/mol. The van der Waals surface area contributed by atoms with Gasteiger partial charge in [0.2, 0.25) is 5.89 Å². The van der Waals surface area contributed by atoms with Gasteiger partial charge in [0.25, 0.3) is 0 Å². The van der Waals surface area contributed by atoms with Crippen molar-refractivity contribution in [3.05, 3.63) is 30.0 Å². The minimum Gasteiger partial charge on any atom is -0.443 e. The topological polar surface area (TPSA) is 93.2 Å². The van der Waals surface area contributed by atoms with Gasteiger partial charge in [-0.05, 0) is 0 Å². The number of hydrogen-bond donors (Lipinski definition) is 2. The first-order valence-electron chi connectivity index (χ1n) is 7.12. The van der Waals surface area contributed by atoms with E-state index in [2.05, 4.69) is 51.5 Å². The molecule has 2 aromatic rings. The Bertz CT molecular complexity index is 642. The first kappa shape index (κ1) is 19.4. The molecule has 23 heavy (non-hydrogen) atoms. The van der Waals surface area contributed by atoms with Crippen molar-refractivity contribution in [2.24, 2.45) is 12.0 Å². The Balaban J connectivity index is 0.00000264. The molecule has 8 nitrogen and oxygen atoms in total. The summed E-state index contributed by atoms with van der Waals surface area (Å²) in [7, 11) is 3.56. The summed E-state index contributed by atoms with van der Waals surface area (Å²) in [6.45, 7) is 7.27. The molecule has 9 heteroatoms. The van der Waals surface area contributed by atoms with Crippen LogP contribution in [0.4, 0.5) is 0 Å². The van der Waals surface area contributed by atoms with Crippen LogP contribution in [0.2, 0.25) is 0 Å². The zero-order valence-electron chi connectivity index (χ0n) is 14.1. The summed E-state index contributed by atoms with van der Waals surface area (Å²) in [4.78, 5) is 12.6. The first-order valence-corrected chi connectivity index (χ1v) is 7.12. The fraction of sp³-hybridized carbons (Fsp3) is 0.571. The Labute approximate surface area is 153 Å². The molecule has 0 bridgehead atoms. The van der Waals surface area contributed by atoms with E-state index in [0.717, 1.165) is 11.6 Å². The number of halogens is 1. The van der Waals surface area contributed by atoms with E-state index in [1.165, 1.54) is 6.33 Å². The van der Waals surface area contributed by atoms with Gasteiger partial charge in [0.15, 0.2) is 5.96 Å². The molecule has 0 aromatic carbocycles. The molecule has 2 heterocycles. The van der Waals surface area contributed by atoms with Gasteiger partial charge in [0, 0.05) is 19.5 Å². The third-order valence-corrected chi connectivity index (χ3v) is 3.14. The van der Waals surface area contributed by atoms with Crippen LogP contribution in [0.1, 0.15) is 38.2 Å². The van der Waals surface area contributed by atoms with Crippen molar-refractivity contribution < 1.29 is 4.42 Å². The number of nitrogens with one attached hydrogen (secondary N) is 2. The third-order valence-electron chi connectivity index (χ3n) is 3.14. The highest BCUT2D eigenvalue weighted by Crippen LogP contribution is 2.22. The molecular weight excluding hydrogens is 409 g/mol. The molecule has 2 N–H and O–H groups in total. The van der Waals surface area contributed by atoms with E-state index in [1.807, 2.05) is 7.05 Å². The van der Waals surface area contributed by atoms with E-state index in [-0.39, 0.29) is 29.4 Å². The highest BCUT2D eigenvalue weighted by molar-refractivity contribution is 14.0. The van der Waals surface area contributed by atoms with E-state index in [9.17, 15) is 0 Å². The average Bonchev–Trinajstić information content (AvgIpc) is 3.08. The third kappa shape index (κ3) is 5.48. The van der Waals surface area contributed by atoms with Gasteiger partial charge in [-0.3, -0.25) is 9.67 Å². The normalized spacial score (nSPS) is 12.0. The van der Waals surface area contributed by atoms with Crippen LogP contribution in [-0.2, 0) is 25.6 Å². The molecule has 128 valence electrons. The summed E-state index contributed by atoms with van der Waals surface area (Å²) in [6.07, 6.45) is 3.29. The van der Waals surface area contributed by atoms with Crippen LogP contribution in [0.15, 0.2) is 21.9 Å². The lowest BCUT2D eigenvalue weighted by Gasteiger charge is -2.13. The number of aliphatic imine (C=N–C) groups is 1. The van der Waals surface area contributed by atoms with E-state index in [0.29, 0.717) is 24.9 Å². The Kier molecular flexibility index (Phi) is 6.98. The van der Waals surface area contributed by atoms with Gasteiger partial charge < -0.3 is 15.1 Å². The van der Waals surface area contributed by atoms with Crippen molar-refractivity contribution in [3.63, 3.8) is 0 Å². The number of oxazole rings is 1. The SMILES string of the molecule is CN=C(NCc1ncc(C(C)(C)C)o1)NCc1ncnn1C.I. The van der Waals surface area contributed by atoms with Crippen LogP contribution >= 0.6 is 24.0 Å². The molecular formula is C14H24IN7O. The van der Waals surface area contributed by atoms with Crippen molar-refractivity contribution in [1.82, 2.24) is 30.4 Å². The van der Waals surface area contributed by atoms with E-state index < -0.39 is 0 Å². The number of hydrogen-bond acceptors (Lipinski definition) is 5. The lowest BCUT2D eigenvalue weighted by atomic mass is 9.94. The number of rotatable bonds is 4. The Hall–Kier alpha value is -1.65. The van der Waals surface area contributed by atoms with Crippen LogP contribution in [0.5, 0.6) is 0 Å². The van der Waals surface area contributed by atoms with Gasteiger partial charge in [-0.2, -0.15) is 5.10 Å². The van der Waals surface area contributed by atoms with Crippen molar-refractivity contribution in [3.8, 4) is 0 Å². The molecule has 0 atom stereocenters. The van der Waals surface area contributed by atoms with Crippen molar-refractivity contribution in [1.29, 1.82) is 0 Å². The van der Waals surface area contributed by atoms with Crippen molar-refractivity contribution >= 4 is 29.9 Å². The molecule has 0 radical (unpaired) electrons. The second kappa shape index (κ2) is 8.27. The number of aromatic nitrogens is 4. The number of guanidine groups is 1. The van der Waals surface area contributed by atoms with Gasteiger partial charge in [-0.15, -0.1) is 24.0 Å². The first-order chi connectivity index (χ1) is 10.4. The van der Waals surface area contributed by atoms with Gasteiger partial charge in [-0.1, -0.05) is 20.8 Å². The molecule has 2 rings (SSSR count). The molecule has 0 aliphatic rings. The molecule has 0 unspecified atom stereocenters. The fourth-order valence-corrected chi connectivity index (χ4v) is 1.76. The fourth-order valence-electron chi connectivity index (χ4n) is 1.76. The zero-order chi connectivity index (χ0) is 16.2. The molecule has 0 fully saturated rings. The lowest BCUT2D eigenvalue weighted by Crippen LogP contribution is -2.37. The van der Waals surface area contributed by atoms with E-state index >= 15 is 0 Å². The summed E-state index contributed by atoms with van der Waals surface area (Å²) in [5.74, 6) is 2.98. The van der Waals surface area contributed by atoms with E-state index in [1.54, 1.807) is 17.9 Å². The summed E-state index contributed by atoms with van der Waals surface area (Å²) < 4.78 is 7.44. The molecule has 0 aliphatic carbocycles. The lowest BCUT2D eigenvalue weighted by molar-refractivity contribution is 0.379. The minimum atomic E-state index is -0.0453. The van der Waals surface area contributed by atoms with Crippen molar-refractivity contribution in [2.75, 3.05) is 7.05 Å². The van der Waals surface area contributed by atoms with Crippen LogP contribution in [0, 0.1) is 0 Å². The van der Waals surface area contributed by atoms with Crippen LogP contribution in [0.3, 0.4) is 0 Å². The van der Waals surface area contributed by atoms with Gasteiger partial charge in [0.1, 0.15) is 17.9 Å². The highest BCUT2D eigenvalue weighted by atomic mass is 127. The smallest absolute Gasteiger partial charge is 0.213 e. The van der Waals surface area contributed by atoms with Crippen LogP contribution < -0.4 is 10.6 Å². The predicted octanol–water partition coefficient (Wildman–Crippen LogP) is 1.58. The van der Waals surface area contributed by atoms with E-state index in [4.69, 9.17) is 4.42 Å². The quantitative estimate of drug-likeness (QED) is 0.432. The second-order valence-corrected chi connectivity index (χ2v) is 5.95. The summed E-state index contributed by atoms with van der Waals surface area (Å²) in [5.41, 5.74) is -0.0453. The second-order valence-electron chi connectivity index (χ2n) is 5.95. The standard InChI is InChI=1S/C14H23N7O.HI/c1-14(2,3)10-6-16-12(22-10)8-18-13(15-4)17-7-11-19-9-20-21(11)5;/h6,9H,7-8H2,1-5H3,(H2,15,17,18);1H. The Morgan fingerprint density at radius 2 is 1.96 bits per heavy atom. The maximum atomic E-state index is 5.73. The molecule has 2 aromatic heterocycles. The number of nitrogens with zero attached hydrogens (tertiary/aromatic N) is 5. The zero-order valence-corrected chi connectivity index (χ0v) is 16.5. The van der Waals surface area contributed by atoms with Gasteiger partial charge >= 0.3 is 0 Å². The largest absolute Gasteiger partial charge is 0.443 e. The molecule has 0 aliphatic heterocycles. The highest BCUT2D eigenvalue weighted by Gasteiger charge is 2.19. The van der Waals surface area contributed by atoms with Gasteiger partial charge in [0.05, 0.1) is 19.3 Å². The van der Waals surface area contributed by atoms with Gasteiger partial charge in [-0.25, -0.2) is 9.97 Å². The minimum absolute atomic E-state index is 0. The summed E-state index contributed by atoms with van der Waals surface area (Å²) >= 11 is 0. The Morgan fingerprint density at radius 1 is 1.26 bits per heavy atom. The Morgan fingerprint density at radius 3 is 2.48 bits per heavy atom.